The summed E-state index contributed by atoms with van der Waals surface area (Å²) in [5.74, 6) is 2.12. The molecule has 21 heavy (non-hydrogen) atoms. The summed E-state index contributed by atoms with van der Waals surface area (Å²) in [6, 6.07) is 0. The van der Waals surface area contributed by atoms with Crippen LogP contribution in [0.1, 0.15) is 27.2 Å². The van der Waals surface area contributed by atoms with E-state index in [1.165, 1.54) is 17.6 Å². The highest BCUT2D eigenvalue weighted by atomic mass is 16.7. The molecule has 1 saturated carbocycles. The predicted octanol–water partition coefficient (Wildman–Crippen LogP) is 1.76. The average Bonchev–Trinajstić information content (AvgIpc) is 3.13. The molecule has 1 aliphatic heterocycles. The molecule has 3 aliphatic carbocycles. The molecule has 4 aliphatic rings. The Labute approximate surface area is 125 Å². The number of ketones is 1. The fraction of sp³-hybridized carbons (Fsp3) is 0.706. The fourth-order valence-corrected chi connectivity index (χ4v) is 4.65. The van der Waals surface area contributed by atoms with E-state index in [4.69, 9.17) is 13.9 Å². The monoisotopic (exact) mass is 291 g/mol. The van der Waals surface area contributed by atoms with Crippen LogP contribution in [0, 0.1) is 17.3 Å². The van der Waals surface area contributed by atoms with E-state index in [2.05, 4.69) is 19.9 Å². The quantitative estimate of drug-likeness (QED) is 0.637. The number of fused-ring (bicyclic) bond motifs is 4. The van der Waals surface area contributed by atoms with E-state index in [0.717, 1.165) is 11.4 Å². The van der Waals surface area contributed by atoms with Crippen LogP contribution in [-0.4, -0.2) is 43.1 Å². The number of ether oxygens (including phenoxy) is 2. The van der Waals surface area contributed by atoms with E-state index in [-0.39, 0.29) is 18.3 Å². The second-order valence-corrected chi connectivity index (χ2v) is 7.27. The first-order chi connectivity index (χ1) is 9.91. The van der Waals surface area contributed by atoms with Gasteiger partial charge in [0.2, 0.25) is 0 Å². The normalized spacial score (nSPS) is 46.8. The van der Waals surface area contributed by atoms with E-state index in [0.29, 0.717) is 18.4 Å². The van der Waals surface area contributed by atoms with Crippen molar-refractivity contribution >= 4 is 5.78 Å². The van der Waals surface area contributed by atoms with Gasteiger partial charge in [-0.15, -0.1) is 0 Å². The number of carbonyl (C=O) groups excluding carboxylic acids is 1. The summed E-state index contributed by atoms with van der Waals surface area (Å²) in [6.07, 6.45) is 3.25. The Hall–Kier alpha value is -0.970. The SMILES string of the molecule is COCO[C@H]1C2=[O+]CC(C)(O)C2=CC2=C(C)[C@H]3C[C@H]3[C@@]21C. The molecule has 0 spiro atoms. The summed E-state index contributed by atoms with van der Waals surface area (Å²) in [7, 11) is 1.63. The van der Waals surface area contributed by atoms with Gasteiger partial charge in [-0.1, -0.05) is 12.5 Å². The zero-order valence-corrected chi connectivity index (χ0v) is 13.1. The van der Waals surface area contributed by atoms with Crippen LogP contribution in [0.5, 0.6) is 0 Å². The predicted molar refractivity (Wildman–Crippen MR) is 77.7 cm³/mol. The molecule has 1 unspecified atom stereocenters. The van der Waals surface area contributed by atoms with Gasteiger partial charge in [0.25, 0.3) is 6.61 Å². The van der Waals surface area contributed by atoms with E-state index in [1.54, 1.807) is 7.11 Å². The third kappa shape index (κ3) is 1.58. The minimum Gasteiger partial charge on any atom is -0.376 e. The van der Waals surface area contributed by atoms with E-state index >= 15 is 0 Å². The van der Waals surface area contributed by atoms with Crippen LogP contribution in [0.15, 0.2) is 22.8 Å². The van der Waals surface area contributed by atoms with E-state index in [9.17, 15) is 5.11 Å². The zero-order valence-electron chi connectivity index (χ0n) is 13.1. The first-order valence-electron chi connectivity index (χ1n) is 7.67. The summed E-state index contributed by atoms with van der Waals surface area (Å²) >= 11 is 0. The molecule has 0 aromatic heterocycles. The molecule has 0 bridgehead atoms. The Morgan fingerprint density at radius 1 is 1.43 bits per heavy atom. The average molecular weight is 291 g/mol. The van der Waals surface area contributed by atoms with Gasteiger partial charge in [-0.25, -0.2) is 0 Å². The van der Waals surface area contributed by atoms with Crippen molar-refractivity contribution in [1.82, 2.24) is 0 Å². The lowest BCUT2D eigenvalue weighted by Crippen LogP contribution is -2.48. The Morgan fingerprint density at radius 2 is 2.19 bits per heavy atom. The molecule has 0 radical (unpaired) electrons. The van der Waals surface area contributed by atoms with E-state index in [1.807, 2.05) is 6.92 Å². The van der Waals surface area contributed by atoms with Crippen LogP contribution in [0.25, 0.3) is 0 Å². The lowest BCUT2D eigenvalue weighted by Gasteiger charge is -2.38. The highest BCUT2D eigenvalue weighted by Crippen LogP contribution is 2.68. The van der Waals surface area contributed by atoms with Crippen molar-refractivity contribution < 1.29 is 19.0 Å². The van der Waals surface area contributed by atoms with Crippen LogP contribution >= 0.6 is 0 Å². The number of hydrogen-bond acceptors (Lipinski definition) is 3. The first kappa shape index (κ1) is 13.7. The Morgan fingerprint density at radius 3 is 2.90 bits per heavy atom. The third-order valence-corrected chi connectivity index (χ3v) is 5.90. The van der Waals surface area contributed by atoms with Gasteiger partial charge in [-0.2, -0.15) is 0 Å². The molecule has 4 nitrogen and oxygen atoms in total. The van der Waals surface area contributed by atoms with Gasteiger partial charge in [0.15, 0.2) is 11.7 Å². The Balaban J connectivity index is 1.85. The maximum absolute atomic E-state index is 10.6. The zero-order chi connectivity index (χ0) is 15.0. The molecular formula is C17H23O4+. The van der Waals surface area contributed by atoms with Crippen LogP contribution < -0.4 is 0 Å². The second-order valence-electron chi connectivity index (χ2n) is 7.27. The molecule has 5 atom stereocenters. The number of hydrogen-bond donors (Lipinski definition) is 1. The van der Waals surface area contributed by atoms with Crippen molar-refractivity contribution in [2.45, 2.75) is 38.9 Å². The highest BCUT2D eigenvalue weighted by molar-refractivity contribution is 6.05. The molecule has 0 amide bonds. The number of aliphatic hydroxyl groups is 1. The summed E-state index contributed by atoms with van der Waals surface area (Å²) in [6.45, 7) is 6.86. The molecule has 0 aromatic carbocycles. The molecule has 1 fully saturated rings. The van der Waals surface area contributed by atoms with Gasteiger partial charge in [0.1, 0.15) is 6.79 Å². The topological polar surface area (TPSA) is 50.0 Å². The highest BCUT2D eigenvalue weighted by Gasteiger charge is 2.68. The lowest BCUT2D eigenvalue weighted by atomic mass is 9.66. The maximum atomic E-state index is 10.6. The molecule has 0 saturated heterocycles. The summed E-state index contributed by atoms with van der Waals surface area (Å²) in [4.78, 5) is 0. The van der Waals surface area contributed by atoms with Crippen molar-refractivity contribution in [3.8, 4) is 0 Å². The summed E-state index contributed by atoms with van der Waals surface area (Å²) in [5, 5.41) is 10.6. The second kappa shape index (κ2) is 4.06. The van der Waals surface area contributed by atoms with Crippen LogP contribution in [0.4, 0.5) is 0 Å². The Bertz CT molecular complexity index is 598. The van der Waals surface area contributed by atoms with Crippen molar-refractivity contribution in [1.29, 1.82) is 0 Å². The standard InChI is InChI=1S/C17H23O4/c1-9-10-5-12(10)17(3)11(9)6-13-14(15(17)21-8-19-4)20-7-16(13,2)18/h6,10,12,15,18H,5,7-8H2,1-4H3/q+1/t10-,12-,15+,16?,17-/m1/s1. The van der Waals surface area contributed by atoms with Crippen molar-refractivity contribution in [3.63, 3.8) is 0 Å². The number of methoxy groups -OCH3 is 1. The molecule has 4 rings (SSSR count). The van der Waals surface area contributed by atoms with Gasteiger partial charge in [-0.3, -0.25) is 4.42 Å². The third-order valence-electron chi connectivity index (χ3n) is 5.90. The maximum Gasteiger partial charge on any atom is 0.355 e. The summed E-state index contributed by atoms with van der Waals surface area (Å²) < 4.78 is 17.0. The van der Waals surface area contributed by atoms with Crippen LogP contribution in [0.2, 0.25) is 0 Å². The van der Waals surface area contributed by atoms with Crippen LogP contribution in [-0.2, 0) is 13.9 Å². The molecular weight excluding hydrogens is 268 g/mol. The Kier molecular flexibility index (Phi) is 2.64. The largest absolute Gasteiger partial charge is 0.376 e. The molecule has 1 N–H and O–H groups in total. The number of allylic oxidation sites excluding steroid dienone is 2. The van der Waals surface area contributed by atoms with Gasteiger partial charge in [-0.05, 0) is 43.8 Å². The van der Waals surface area contributed by atoms with Crippen molar-refractivity contribution in [3.05, 3.63) is 22.8 Å². The van der Waals surface area contributed by atoms with Crippen molar-refractivity contribution in [2.24, 2.45) is 17.3 Å². The number of rotatable bonds is 3. The molecule has 1 heterocycles. The smallest absolute Gasteiger partial charge is 0.355 e. The summed E-state index contributed by atoms with van der Waals surface area (Å²) in [5.41, 5.74) is 2.71. The van der Waals surface area contributed by atoms with Crippen LogP contribution in [0.3, 0.4) is 0 Å². The first-order valence-corrected chi connectivity index (χ1v) is 7.67. The minimum absolute atomic E-state index is 0.0491. The minimum atomic E-state index is -0.925. The van der Waals surface area contributed by atoms with Gasteiger partial charge in [0, 0.05) is 12.5 Å². The molecule has 114 valence electrons. The van der Waals surface area contributed by atoms with E-state index < -0.39 is 5.60 Å². The van der Waals surface area contributed by atoms with Gasteiger partial charge in [0.05, 0.1) is 5.57 Å². The van der Waals surface area contributed by atoms with Crippen molar-refractivity contribution in [2.75, 3.05) is 20.5 Å². The molecule has 0 aromatic rings. The van der Waals surface area contributed by atoms with Gasteiger partial charge >= 0.3 is 5.78 Å². The fourth-order valence-electron chi connectivity index (χ4n) is 4.65. The van der Waals surface area contributed by atoms with Gasteiger partial charge < -0.3 is 14.6 Å². The lowest BCUT2D eigenvalue weighted by molar-refractivity contribution is -0.467. The molecule has 4 heteroatoms.